The molecule has 128 valence electrons. The van der Waals surface area contributed by atoms with Crippen LogP contribution in [0.5, 0.6) is 0 Å². The fourth-order valence-corrected chi connectivity index (χ4v) is 2.17. The third kappa shape index (κ3) is 4.06. The number of nitro groups is 2. The Kier molecular flexibility index (Phi) is 4.94. The summed E-state index contributed by atoms with van der Waals surface area (Å²) in [7, 11) is 0. The first-order chi connectivity index (χ1) is 11.7. The van der Waals surface area contributed by atoms with Gasteiger partial charge in [-0.15, -0.1) is 0 Å². The van der Waals surface area contributed by atoms with Crippen LogP contribution in [0.15, 0.2) is 36.4 Å². The van der Waals surface area contributed by atoms with Crippen molar-refractivity contribution in [3.63, 3.8) is 0 Å². The van der Waals surface area contributed by atoms with Crippen LogP contribution in [0.3, 0.4) is 0 Å². The van der Waals surface area contributed by atoms with Crippen molar-refractivity contribution in [1.29, 1.82) is 0 Å². The predicted octanol–water partition coefficient (Wildman–Crippen LogP) is 3.11. The van der Waals surface area contributed by atoms with E-state index in [9.17, 15) is 29.8 Å². The minimum atomic E-state index is -1.25. The van der Waals surface area contributed by atoms with Gasteiger partial charge in [0.2, 0.25) is 0 Å². The summed E-state index contributed by atoms with van der Waals surface area (Å²) in [5.41, 5.74) is -1.59. The van der Waals surface area contributed by atoms with Crippen molar-refractivity contribution in [3.05, 3.63) is 72.8 Å². The lowest BCUT2D eigenvalue weighted by molar-refractivity contribution is -0.394. The number of hydrogen-bond acceptors (Lipinski definition) is 6. The maximum Gasteiger partial charge on any atom is 0.337 e. The number of halogens is 1. The Hall–Kier alpha value is -3.53. The van der Waals surface area contributed by atoms with Crippen molar-refractivity contribution < 1.29 is 24.5 Å². The van der Waals surface area contributed by atoms with E-state index in [2.05, 4.69) is 5.32 Å². The van der Waals surface area contributed by atoms with Crippen LogP contribution < -0.4 is 5.32 Å². The number of nitro benzene ring substituents is 2. The number of benzene rings is 2. The molecule has 1 amide bonds. The number of carboxylic acid groups (broad SMARTS) is 1. The van der Waals surface area contributed by atoms with Crippen molar-refractivity contribution in [2.75, 3.05) is 5.32 Å². The maximum atomic E-state index is 12.2. The van der Waals surface area contributed by atoms with Crippen LogP contribution in [0.4, 0.5) is 17.1 Å². The molecule has 0 saturated carbocycles. The Morgan fingerprint density at radius 3 is 2.00 bits per heavy atom. The molecule has 2 rings (SSSR count). The molecule has 11 heteroatoms. The SMILES string of the molecule is O=C(Nc1ccc(C(=O)O)c(Cl)c1)c1cc([N+](=O)[O-])cc([N+](=O)[O-])c1. The van der Waals surface area contributed by atoms with E-state index in [0.29, 0.717) is 0 Å². The fourth-order valence-electron chi connectivity index (χ4n) is 1.91. The molecule has 0 radical (unpaired) electrons. The van der Waals surface area contributed by atoms with Crippen molar-refractivity contribution in [3.8, 4) is 0 Å². The van der Waals surface area contributed by atoms with Crippen LogP contribution in [-0.4, -0.2) is 26.8 Å². The van der Waals surface area contributed by atoms with E-state index < -0.39 is 33.1 Å². The summed E-state index contributed by atoms with van der Waals surface area (Å²) in [5.74, 6) is -2.11. The molecule has 0 aliphatic heterocycles. The number of nitrogens with one attached hydrogen (secondary N) is 1. The van der Waals surface area contributed by atoms with Gasteiger partial charge in [0, 0.05) is 17.8 Å². The van der Waals surface area contributed by atoms with E-state index in [1.165, 1.54) is 12.1 Å². The molecule has 0 aliphatic carbocycles. The first-order valence-corrected chi connectivity index (χ1v) is 6.85. The molecular formula is C14H8ClN3O7. The van der Waals surface area contributed by atoms with E-state index in [0.717, 1.165) is 24.3 Å². The van der Waals surface area contributed by atoms with E-state index in [1.807, 2.05) is 0 Å². The standard InChI is InChI=1S/C14H8ClN3O7/c15-12-5-8(1-2-11(12)14(20)21)16-13(19)7-3-9(17(22)23)6-10(4-7)18(24)25/h1-6H,(H,16,19)(H,20,21). The highest BCUT2D eigenvalue weighted by Gasteiger charge is 2.20. The molecule has 0 atom stereocenters. The first kappa shape index (κ1) is 17.8. The number of anilines is 1. The minimum absolute atomic E-state index is 0.120. The molecule has 0 aromatic heterocycles. The summed E-state index contributed by atoms with van der Waals surface area (Å²) in [4.78, 5) is 43.0. The number of rotatable bonds is 5. The number of carbonyl (C=O) groups excluding carboxylic acids is 1. The Morgan fingerprint density at radius 1 is 1.00 bits per heavy atom. The monoisotopic (exact) mass is 365 g/mol. The number of aromatic carboxylic acids is 1. The van der Waals surface area contributed by atoms with Gasteiger partial charge in [0.1, 0.15) is 0 Å². The van der Waals surface area contributed by atoms with Crippen molar-refractivity contribution >= 4 is 40.5 Å². The van der Waals surface area contributed by atoms with Gasteiger partial charge < -0.3 is 10.4 Å². The van der Waals surface area contributed by atoms with E-state index >= 15 is 0 Å². The number of hydrogen-bond donors (Lipinski definition) is 2. The molecular weight excluding hydrogens is 358 g/mol. The number of nitrogens with zero attached hydrogens (tertiary/aromatic N) is 2. The molecule has 2 aromatic carbocycles. The van der Waals surface area contributed by atoms with Crippen LogP contribution in [0.1, 0.15) is 20.7 Å². The predicted molar refractivity (Wildman–Crippen MR) is 86.1 cm³/mol. The number of non-ortho nitro benzene ring substituents is 2. The molecule has 0 unspecified atom stereocenters. The first-order valence-electron chi connectivity index (χ1n) is 6.47. The van der Waals surface area contributed by atoms with Gasteiger partial charge in [-0.2, -0.15) is 0 Å². The summed E-state index contributed by atoms with van der Waals surface area (Å²) < 4.78 is 0. The summed E-state index contributed by atoms with van der Waals surface area (Å²) in [6, 6.07) is 6.10. The highest BCUT2D eigenvalue weighted by Crippen LogP contribution is 2.25. The summed E-state index contributed by atoms with van der Waals surface area (Å²) >= 11 is 5.78. The van der Waals surface area contributed by atoms with E-state index in [1.54, 1.807) is 0 Å². The average molecular weight is 366 g/mol. The second kappa shape index (κ2) is 6.93. The van der Waals surface area contributed by atoms with Gasteiger partial charge in [-0.25, -0.2) is 4.79 Å². The van der Waals surface area contributed by atoms with Gasteiger partial charge in [-0.3, -0.25) is 25.0 Å². The Morgan fingerprint density at radius 2 is 1.56 bits per heavy atom. The van der Waals surface area contributed by atoms with Crippen LogP contribution in [0.2, 0.25) is 5.02 Å². The Bertz CT molecular complexity index is 881. The zero-order valence-corrected chi connectivity index (χ0v) is 12.9. The van der Waals surface area contributed by atoms with Crippen molar-refractivity contribution in [2.45, 2.75) is 0 Å². The van der Waals surface area contributed by atoms with Crippen molar-refractivity contribution in [1.82, 2.24) is 0 Å². The molecule has 0 spiro atoms. The highest BCUT2D eigenvalue weighted by atomic mass is 35.5. The smallest absolute Gasteiger partial charge is 0.337 e. The lowest BCUT2D eigenvalue weighted by Crippen LogP contribution is -2.13. The second-order valence-corrected chi connectivity index (χ2v) is 5.11. The molecule has 2 aromatic rings. The molecule has 2 N–H and O–H groups in total. The third-order valence-corrected chi connectivity index (χ3v) is 3.36. The zero-order valence-electron chi connectivity index (χ0n) is 12.1. The van der Waals surface area contributed by atoms with Crippen LogP contribution in [0.25, 0.3) is 0 Å². The van der Waals surface area contributed by atoms with Crippen LogP contribution in [0, 0.1) is 20.2 Å². The topological polar surface area (TPSA) is 153 Å². The third-order valence-electron chi connectivity index (χ3n) is 3.04. The summed E-state index contributed by atoms with van der Waals surface area (Å²) in [5, 5.41) is 32.8. The van der Waals surface area contributed by atoms with Gasteiger partial charge in [0.15, 0.2) is 0 Å². The normalized spacial score (nSPS) is 10.1. The van der Waals surface area contributed by atoms with E-state index in [4.69, 9.17) is 16.7 Å². The van der Waals surface area contributed by atoms with Gasteiger partial charge in [0.25, 0.3) is 17.3 Å². The highest BCUT2D eigenvalue weighted by molar-refractivity contribution is 6.33. The lowest BCUT2D eigenvalue weighted by Gasteiger charge is -2.07. The van der Waals surface area contributed by atoms with Crippen LogP contribution in [-0.2, 0) is 0 Å². The summed E-state index contributed by atoms with van der Waals surface area (Å²) in [6.45, 7) is 0. The number of carbonyl (C=O) groups is 2. The second-order valence-electron chi connectivity index (χ2n) is 4.71. The molecule has 25 heavy (non-hydrogen) atoms. The largest absolute Gasteiger partial charge is 0.478 e. The molecule has 0 aliphatic rings. The Labute approximate surface area is 143 Å². The molecule has 10 nitrogen and oxygen atoms in total. The Balaban J connectivity index is 2.35. The number of amides is 1. The lowest BCUT2D eigenvalue weighted by atomic mass is 10.1. The quantitative estimate of drug-likeness (QED) is 0.609. The number of carboxylic acids is 1. The molecule has 0 heterocycles. The van der Waals surface area contributed by atoms with Crippen LogP contribution >= 0.6 is 11.6 Å². The average Bonchev–Trinajstić information content (AvgIpc) is 2.53. The molecule has 0 fully saturated rings. The summed E-state index contributed by atoms with van der Waals surface area (Å²) in [6.07, 6.45) is 0. The van der Waals surface area contributed by atoms with E-state index in [-0.39, 0.29) is 21.8 Å². The van der Waals surface area contributed by atoms with Gasteiger partial charge in [-0.1, -0.05) is 11.6 Å². The minimum Gasteiger partial charge on any atom is -0.478 e. The van der Waals surface area contributed by atoms with Gasteiger partial charge >= 0.3 is 5.97 Å². The fraction of sp³-hybridized carbons (Fsp3) is 0. The van der Waals surface area contributed by atoms with Gasteiger partial charge in [0.05, 0.1) is 32.1 Å². The maximum absolute atomic E-state index is 12.2. The molecule has 0 bridgehead atoms. The van der Waals surface area contributed by atoms with Gasteiger partial charge in [-0.05, 0) is 18.2 Å². The van der Waals surface area contributed by atoms with Crippen molar-refractivity contribution in [2.24, 2.45) is 0 Å². The zero-order chi connectivity index (χ0) is 18.7. The molecule has 0 saturated heterocycles.